The number of likely N-dealkylation sites (tertiary alicyclic amines) is 1. The van der Waals surface area contributed by atoms with Gasteiger partial charge < -0.3 is 15.0 Å². The molecule has 190 valence electrons. The zero-order chi connectivity index (χ0) is 25.6. The molecule has 0 saturated carbocycles. The van der Waals surface area contributed by atoms with Gasteiger partial charge in [0.2, 0.25) is 11.8 Å². The Labute approximate surface area is 217 Å². The van der Waals surface area contributed by atoms with Crippen molar-refractivity contribution in [2.45, 2.75) is 38.1 Å². The average Bonchev–Trinajstić information content (AvgIpc) is 3.31. The van der Waals surface area contributed by atoms with Crippen LogP contribution in [0.4, 0.5) is 0 Å². The maximum Gasteiger partial charge on any atom is 0.227 e. The maximum atomic E-state index is 12.8. The number of piperidine rings is 1. The summed E-state index contributed by atoms with van der Waals surface area (Å²) in [6, 6.07) is 25.9. The van der Waals surface area contributed by atoms with Gasteiger partial charge in [-0.2, -0.15) is 0 Å². The molecule has 7 heteroatoms. The second-order valence-corrected chi connectivity index (χ2v) is 9.40. The van der Waals surface area contributed by atoms with E-state index in [2.05, 4.69) is 28.1 Å². The second-order valence-electron chi connectivity index (χ2n) is 9.40. The summed E-state index contributed by atoms with van der Waals surface area (Å²) < 4.78 is 7.51. The van der Waals surface area contributed by atoms with E-state index in [-0.39, 0.29) is 17.9 Å². The number of aromatic nitrogens is 2. The van der Waals surface area contributed by atoms with E-state index in [1.54, 1.807) is 7.11 Å². The highest BCUT2D eigenvalue weighted by molar-refractivity contribution is 5.80. The lowest BCUT2D eigenvalue weighted by molar-refractivity contribution is -0.131. The van der Waals surface area contributed by atoms with Crippen LogP contribution in [0.1, 0.15) is 30.7 Å². The standard InChI is InChI=1S/C30H32N4O3/c1-37-27-14-8-5-9-22(27)21-30(36)33-19-17-23(18-20-33)31-29(35)16-15-28-32-25-12-6-7-13-26(25)34(28)24-10-3-2-4-11-24/h2-14,23H,15-21H2,1H3,(H,31,35). The Hall–Kier alpha value is -4.13. The molecule has 0 atom stereocenters. The number of ether oxygens (including phenoxy) is 1. The minimum atomic E-state index is 0.0190. The van der Waals surface area contributed by atoms with Crippen molar-refractivity contribution >= 4 is 22.8 Å². The Kier molecular flexibility index (Phi) is 7.49. The van der Waals surface area contributed by atoms with E-state index in [4.69, 9.17) is 9.72 Å². The van der Waals surface area contributed by atoms with Gasteiger partial charge >= 0.3 is 0 Å². The summed E-state index contributed by atoms with van der Waals surface area (Å²) in [5.41, 5.74) is 3.89. The van der Waals surface area contributed by atoms with Crippen LogP contribution >= 0.6 is 0 Å². The third-order valence-electron chi connectivity index (χ3n) is 6.97. The van der Waals surface area contributed by atoms with Crippen molar-refractivity contribution in [1.29, 1.82) is 0 Å². The van der Waals surface area contributed by atoms with Crippen LogP contribution < -0.4 is 10.1 Å². The zero-order valence-corrected chi connectivity index (χ0v) is 21.1. The third kappa shape index (κ3) is 5.66. The van der Waals surface area contributed by atoms with Gasteiger partial charge in [0.1, 0.15) is 11.6 Å². The third-order valence-corrected chi connectivity index (χ3v) is 6.97. The van der Waals surface area contributed by atoms with Crippen molar-refractivity contribution in [1.82, 2.24) is 19.8 Å². The number of para-hydroxylation sites is 4. The fraction of sp³-hybridized carbons (Fsp3) is 0.300. The largest absolute Gasteiger partial charge is 0.496 e. The number of fused-ring (bicyclic) bond motifs is 1. The SMILES string of the molecule is COc1ccccc1CC(=O)N1CCC(NC(=O)CCc2nc3ccccc3n2-c2ccccc2)CC1. The molecule has 0 aliphatic carbocycles. The predicted molar refractivity (Wildman–Crippen MR) is 144 cm³/mol. The van der Waals surface area contributed by atoms with Crippen LogP contribution in [0.3, 0.4) is 0 Å². The van der Waals surface area contributed by atoms with E-state index in [1.807, 2.05) is 65.6 Å². The predicted octanol–water partition coefficient (Wildman–Crippen LogP) is 4.32. The van der Waals surface area contributed by atoms with E-state index in [1.165, 1.54) is 0 Å². The normalized spacial score (nSPS) is 14.0. The van der Waals surface area contributed by atoms with Gasteiger partial charge in [0.15, 0.2) is 0 Å². The second kappa shape index (κ2) is 11.3. The minimum absolute atomic E-state index is 0.0190. The fourth-order valence-electron chi connectivity index (χ4n) is 5.03. The Morgan fingerprint density at radius 3 is 2.43 bits per heavy atom. The number of carbonyl (C=O) groups excluding carboxylic acids is 2. The molecule has 2 amide bonds. The van der Waals surface area contributed by atoms with Crippen LogP contribution in [-0.4, -0.2) is 52.5 Å². The van der Waals surface area contributed by atoms with Gasteiger partial charge in [0.25, 0.3) is 0 Å². The van der Waals surface area contributed by atoms with Gasteiger partial charge in [0.05, 0.1) is 24.6 Å². The number of imidazole rings is 1. The first-order valence-corrected chi connectivity index (χ1v) is 12.8. The zero-order valence-electron chi connectivity index (χ0n) is 21.1. The van der Waals surface area contributed by atoms with Crippen molar-refractivity contribution in [2.75, 3.05) is 20.2 Å². The van der Waals surface area contributed by atoms with Crippen LogP contribution in [0.5, 0.6) is 5.75 Å². The number of benzene rings is 3. The van der Waals surface area contributed by atoms with E-state index in [0.717, 1.165) is 46.7 Å². The monoisotopic (exact) mass is 496 g/mol. The summed E-state index contributed by atoms with van der Waals surface area (Å²) in [6.07, 6.45) is 2.75. The van der Waals surface area contributed by atoms with Crippen molar-refractivity contribution in [3.05, 3.63) is 90.3 Å². The van der Waals surface area contributed by atoms with Gasteiger partial charge in [0, 0.05) is 43.2 Å². The van der Waals surface area contributed by atoms with Crippen molar-refractivity contribution in [3.8, 4) is 11.4 Å². The molecule has 1 aliphatic rings. The van der Waals surface area contributed by atoms with Crippen LogP contribution in [0.25, 0.3) is 16.7 Å². The van der Waals surface area contributed by atoms with Crippen LogP contribution in [0.2, 0.25) is 0 Å². The number of carbonyl (C=O) groups is 2. The lowest BCUT2D eigenvalue weighted by atomic mass is 10.0. The van der Waals surface area contributed by atoms with E-state index < -0.39 is 0 Å². The molecular weight excluding hydrogens is 464 g/mol. The van der Waals surface area contributed by atoms with Crippen molar-refractivity contribution < 1.29 is 14.3 Å². The first-order valence-electron chi connectivity index (χ1n) is 12.8. The summed E-state index contributed by atoms with van der Waals surface area (Å²) in [5, 5.41) is 3.18. The molecule has 0 radical (unpaired) electrons. The molecular formula is C30H32N4O3. The Morgan fingerprint density at radius 2 is 1.65 bits per heavy atom. The summed E-state index contributed by atoms with van der Waals surface area (Å²) in [6.45, 7) is 1.28. The highest BCUT2D eigenvalue weighted by Crippen LogP contribution is 2.23. The topological polar surface area (TPSA) is 76.5 Å². The van der Waals surface area contributed by atoms with Gasteiger partial charge in [-0.1, -0.05) is 48.5 Å². The van der Waals surface area contributed by atoms with Gasteiger partial charge in [-0.15, -0.1) is 0 Å². The lowest BCUT2D eigenvalue weighted by Gasteiger charge is -2.32. The molecule has 4 aromatic rings. The quantitative estimate of drug-likeness (QED) is 0.394. The Bertz CT molecular complexity index is 1370. The van der Waals surface area contributed by atoms with Crippen LogP contribution in [-0.2, 0) is 22.4 Å². The lowest BCUT2D eigenvalue weighted by Crippen LogP contribution is -2.47. The van der Waals surface area contributed by atoms with E-state index >= 15 is 0 Å². The molecule has 0 spiro atoms. The molecule has 7 nitrogen and oxygen atoms in total. The molecule has 5 rings (SSSR count). The van der Waals surface area contributed by atoms with E-state index in [9.17, 15) is 9.59 Å². The molecule has 1 fully saturated rings. The Morgan fingerprint density at radius 1 is 0.946 bits per heavy atom. The smallest absolute Gasteiger partial charge is 0.227 e. The summed E-state index contributed by atoms with van der Waals surface area (Å²) in [7, 11) is 1.62. The number of rotatable bonds is 8. The number of amides is 2. The molecule has 1 aromatic heterocycles. The minimum Gasteiger partial charge on any atom is -0.496 e. The molecule has 1 aliphatic heterocycles. The molecule has 3 aromatic carbocycles. The molecule has 0 bridgehead atoms. The highest BCUT2D eigenvalue weighted by atomic mass is 16.5. The number of methoxy groups -OCH3 is 1. The van der Waals surface area contributed by atoms with Crippen LogP contribution in [0.15, 0.2) is 78.9 Å². The number of nitrogens with zero attached hydrogens (tertiary/aromatic N) is 3. The van der Waals surface area contributed by atoms with E-state index in [0.29, 0.717) is 32.4 Å². The fourth-order valence-corrected chi connectivity index (χ4v) is 5.03. The molecule has 0 unspecified atom stereocenters. The number of hydrogen-bond donors (Lipinski definition) is 1. The summed E-state index contributed by atoms with van der Waals surface area (Å²) in [4.78, 5) is 32.4. The number of hydrogen-bond acceptors (Lipinski definition) is 4. The highest BCUT2D eigenvalue weighted by Gasteiger charge is 2.24. The van der Waals surface area contributed by atoms with Gasteiger partial charge in [-0.05, 0) is 43.2 Å². The van der Waals surface area contributed by atoms with Crippen LogP contribution in [0, 0.1) is 0 Å². The summed E-state index contributed by atoms with van der Waals surface area (Å²) in [5.74, 6) is 1.72. The number of aryl methyl sites for hydroxylation is 1. The first kappa shape index (κ1) is 24.6. The van der Waals surface area contributed by atoms with Gasteiger partial charge in [-0.25, -0.2) is 4.98 Å². The molecule has 2 heterocycles. The average molecular weight is 497 g/mol. The van der Waals surface area contributed by atoms with Crippen molar-refractivity contribution in [2.24, 2.45) is 0 Å². The summed E-state index contributed by atoms with van der Waals surface area (Å²) >= 11 is 0. The van der Waals surface area contributed by atoms with Crippen molar-refractivity contribution in [3.63, 3.8) is 0 Å². The molecule has 1 saturated heterocycles. The maximum absolute atomic E-state index is 12.8. The van der Waals surface area contributed by atoms with Gasteiger partial charge in [-0.3, -0.25) is 14.2 Å². The molecule has 1 N–H and O–H groups in total. The Balaban J connectivity index is 1.15. The number of nitrogens with one attached hydrogen (secondary N) is 1. The molecule has 37 heavy (non-hydrogen) atoms. The first-order chi connectivity index (χ1) is 18.1.